The summed E-state index contributed by atoms with van der Waals surface area (Å²) in [7, 11) is 1.92. The van der Waals surface area contributed by atoms with Gasteiger partial charge in [0.25, 0.3) is 5.91 Å². The molecule has 0 fully saturated rings. The van der Waals surface area contributed by atoms with Crippen molar-refractivity contribution in [3.05, 3.63) is 77.6 Å². The van der Waals surface area contributed by atoms with Crippen LogP contribution in [0.25, 0.3) is 21.8 Å². The molecule has 4 aromatic heterocycles. The van der Waals surface area contributed by atoms with E-state index < -0.39 is 0 Å². The van der Waals surface area contributed by atoms with E-state index in [0.717, 1.165) is 48.5 Å². The minimum absolute atomic E-state index is 0.133. The Balaban J connectivity index is 1.37. The van der Waals surface area contributed by atoms with Crippen LogP contribution >= 0.6 is 11.8 Å². The van der Waals surface area contributed by atoms with E-state index in [-0.39, 0.29) is 5.91 Å². The maximum atomic E-state index is 13.0. The van der Waals surface area contributed by atoms with Crippen molar-refractivity contribution in [2.45, 2.75) is 30.2 Å². The van der Waals surface area contributed by atoms with E-state index in [1.54, 1.807) is 24.2 Å². The zero-order valence-electron chi connectivity index (χ0n) is 18.0. The van der Waals surface area contributed by atoms with Crippen LogP contribution in [-0.4, -0.2) is 30.6 Å². The number of aryl methyl sites for hydroxylation is 1. The summed E-state index contributed by atoms with van der Waals surface area (Å²) in [5, 5.41) is 12.2. The molecule has 7 nitrogen and oxygen atoms in total. The number of H-pyrrole nitrogens is 1. The lowest BCUT2D eigenvalue weighted by Crippen LogP contribution is -2.25. The van der Waals surface area contributed by atoms with Gasteiger partial charge in [0.15, 0.2) is 0 Å². The molecule has 0 radical (unpaired) electrons. The third kappa shape index (κ3) is 3.62. The molecule has 8 heteroatoms. The van der Waals surface area contributed by atoms with E-state index in [1.165, 1.54) is 0 Å². The number of benzene rings is 1. The molecule has 0 unspecified atom stereocenters. The van der Waals surface area contributed by atoms with Crippen molar-refractivity contribution >= 4 is 39.5 Å². The highest BCUT2D eigenvalue weighted by Crippen LogP contribution is 2.34. The largest absolute Gasteiger partial charge is 0.345 e. The quantitative estimate of drug-likeness (QED) is 0.417. The Morgan fingerprint density at radius 1 is 1.16 bits per heavy atom. The third-order valence-electron chi connectivity index (χ3n) is 5.70. The Kier molecular flexibility index (Phi) is 5.14. The van der Waals surface area contributed by atoms with Gasteiger partial charge in [0.05, 0.1) is 29.5 Å². The molecular weight excluding hydrogens is 420 g/mol. The van der Waals surface area contributed by atoms with Crippen LogP contribution in [0.15, 0.2) is 64.8 Å². The zero-order valence-corrected chi connectivity index (χ0v) is 18.8. The van der Waals surface area contributed by atoms with Crippen molar-refractivity contribution in [1.29, 1.82) is 0 Å². The molecule has 0 bridgehead atoms. The zero-order chi connectivity index (χ0) is 22.2. The Labute approximate surface area is 189 Å². The van der Waals surface area contributed by atoms with Gasteiger partial charge in [0.1, 0.15) is 5.69 Å². The van der Waals surface area contributed by atoms with Crippen LogP contribution in [0.1, 0.15) is 27.4 Å². The third-order valence-corrected chi connectivity index (χ3v) is 6.80. The van der Waals surface area contributed by atoms with Crippen LogP contribution in [0.2, 0.25) is 0 Å². The summed E-state index contributed by atoms with van der Waals surface area (Å²) in [6.45, 7) is 4.43. The highest BCUT2D eigenvalue weighted by Gasteiger charge is 2.17. The SMILES string of the molecule is Cc1cc(Sc2cc(C(=O)NCc3nccc4ncccc34)n(C)c2C)cc2cn[nH]c12. The molecule has 0 saturated heterocycles. The molecule has 0 spiro atoms. The summed E-state index contributed by atoms with van der Waals surface area (Å²) in [5.41, 5.74) is 5.52. The van der Waals surface area contributed by atoms with Crippen LogP contribution in [0.4, 0.5) is 0 Å². The van der Waals surface area contributed by atoms with Gasteiger partial charge in [-0.05, 0) is 55.8 Å². The van der Waals surface area contributed by atoms with Gasteiger partial charge in [-0.1, -0.05) is 11.8 Å². The molecule has 0 aliphatic carbocycles. The van der Waals surface area contributed by atoms with Crippen molar-refractivity contribution in [3.8, 4) is 0 Å². The fraction of sp³-hybridized carbons (Fsp3) is 0.167. The molecule has 160 valence electrons. The first-order valence-corrected chi connectivity index (χ1v) is 11.1. The van der Waals surface area contributed by atoms with Crippen LogP contribution in [-0.2, 0) is 13.6 Å². The van der Waals surface area contributed by atoms with Crippen LogP contribution < -0.4 is 5.32 Å². The number of hydrogen-bond acceptors (Lipinski definition) is 5. The van der Waals surface area contributed by atoms with Gasteiger partial charge in [-0.2, -0.15) is 5.10 Å². The van der Waals surface area contributed by atoms with Crippen molar-refractivity contribution in [1.82, 2.24) is 30.0 Å². The first kappa shape index (κ1) is 20.3. The molecule has 2 N–H and O–H groups in total. The summed E-state index contributed by atoms with van der Waals surface area (Å²) in [5.74, 6) is -0.133. The molecule has 5 aromatic rings. The first-order chi connectivity index (χ1) is 15.5. The summed E-state index contributed by atoms with van der Waals surface area (Å²) in [6, 6.07) is 11.9. The maximum Gasteiger partial charge on any atom is 0.268 e. The van der Waals surface area contributed by atoms with E-state index in [4.69, 9.17) is 0 Å². The van der Waals surface area contributed by atoms with Crippen LogP contribution in [0.3, 0.4) is 0 Å². The second kappa shape index (κ2) is 8.12. The lowest BCUT2D eigenvalue weighted by atomic mass is 10.2. The highest BCUT2D eigenvalue weighted by atomic mass is 32.2. The van der Waals surface area contributed by atoms with E-state index in [0.29, 0.717) is 12.2 Å². The van der Waals surface area contributed by atoms with Gasteiger partial charge in [-0.25, -0.2) is 0 Å². The van der Waals surface area contributed by atoms with E-state index in [2.05, 4.69) is 44.5 Å². The Hall–Kier alpha value is -3.65. The second-order valence-corrected chi connectivity index (χ2v) is 8.84. The second-order valence-electron chi connectivity index (χ2n) is 7.73. The molecule has 1 aromatic carbocycles. The number of carbonyl (C=O) groups is 1. The fourth-order valence-corrected chi connectivity index (χ4v) is 4.97. The average molecular weight is 443 g/mol. The molecule has 1 amide bonds. The topological polar surface area (TPSA) is 88.5 Å². The molecule has 0 aliphatic rings. The monoisotopic (exact) mass is 442 g/mol. The molecule has 0 atom stereocenters. The lowest BCUT2D eigenvalue weighted by molar-refractivity contribution is 0.0942. The molecule has 4 heterocycles. The molecular formula is C24H22N6OS. The molecule has 5 rings (SSSR count). The Morgan fingerprint density at radius 3 is 2.91 bits per heavy atom. The minimum atomic E-state index is -0.133. The maximum absolute atomic E-state index is 13.0. The normalized spacial score (nSPS) is 11.3. The van der Waals surface area contributed by atoms with E-state index >= 15 is 0 Å². The number of amides is 1. The lowest BCUT2D eigenvalue weighted by Gasteiger charge is -2.08. The standard InChI is InChI=1S/C24H22N6OS/c1-14-9-17(10-16-12-28-29-23(14)16)32-22-11-21(30(3)15(22)2)24(31)27-13-20-18-5-4-7-25-19(18)6-8-26-20/h4-12H,13H2,1-3H3,(H,27,31)(H,28,29). The Morgan fingerprint density at radius 2 is 2.03 bits per heavy atom. The average Bonchev–Trinajstić information content (AvgIpc) is 3.38. The molecule has 32 heavy (non-hydrogen) atoms. The number of pyridine rings is 2. The minimum Gasteiger partial charge on any atom is -0.345 e. The number of aromatic amines is 1. The van der Waals surface area contributed by atoms with Gasteiger partial charge < -0.3 is 9.88 Å². The number of hydrogen-bond donors (Lipinski definition) is 2. The van der Waals surface area contributed by atoms with Gasteiger partial charge in [-0.15, -0.1) is 0 Å². The Bertz CT molecular complexity index is 1460. The van der Waals surface area contributed by atoms with Crippen molar-refractivity contribution in [3.63, 3.8) is 0 Å². The first-order valence-electron chi connectivity index (χ1n) is 10.3. The van der Waals surface area contributed by atoms with E-state index in [1.807, 2.05) is 49.0 Å². The number of aromatic nitrogens is 5. The summed E-state index contributed by atoms with van der Waals surface area (Å²) < 4.78 is 1.93. The number of fused-ring (bicyclic) bond motifs is 2. The van der Waals surface area contributed by atoms with Gasteiger partial charge in [0.2, 0.25) is 0 Å². The van der Waals surface area contributed by atoms with Crippen LogP contribution in [0.5, 0.6) is 0 Å². The van der Waals surface area contributed by atoms with Crippen LogP contribution in [0, 0.1) is 13.8 Å². The number of nitrogens with zero attached hydrogens (tertiary/aromatic N) is 4. The highest BCUT2D eigenvalue weighted by molar-refractivity contribution is 7.99. The van der Waals surface area contributed by atoms with Gasteiger partial charge in [-0.3, -0.25) is 19.9 Å². The van der Waals surface area contributed by atoms with Gasteiger partial charge in [0, 0.05) is 45.7 Å². The van der Waals surface area contributed by atoms with Gasteiger partial charge >= 0.3 is 0 Å². The van der Waals surface area contributed by atoms with Crippen molar-refractivity contribution in [2.75, 3.05) is 0 Å². The summed E-state index contributed by atoms with van der Waals surface area (Å²) in [6.07, 6.45) is 5.31. The molecule has 0 aliphatic heterocycles. The molecule has 0 saturated carbocycles. The number of rotatable bonds is 5. The predicted molar refractivity (Wildman–Crippen MR) is 126 cm³/mol. The predicted octanol–water partition coefficient (Wildman–Crippen LogP) is 4.54. The summed E-state index contributed by atoms with van der Waals surface area (Å²) >= 11 is 1.65. The van der Waals surface area contributed by atoms with E-state index in [9.17, 15) is 4.79 Å². The van der Waals surface area contributed by atoms with Crippen molar-refractivity contribution < 1.29 is 4.79 Å². The summed E-state index contributed by atoms with van der Waals surface area (Å²) in [4.78, 5) is 23.9. The number of nitrogens with one attached hydrogen (secondary N) is 2. The fourth-order valence-electron chi connectivity index (χ4n) is 3.84. The van der Waals surface area contributed by atoms with Crippen molar-refractivity contribution in [2.24, 2.45) is 7.05 Å². The number of carbonyl (C=O) groups excluding carboxylic acids is 1. The smallest absolute Gasteiger partial charge is 0.268 e.